The van der Waals surface area contributed by atoms with Crippen LogP contribution in [-0.2, 0) is 4.79 Å². The van der Waals surface area contributed by atoms with Crippen LogP contribution < -0.4 is 10.6 Å². The lowest BCUT2D eigenvalue weighted by atomic mass is 9.89. The van der Waals surface area contributed by atoms with Gasteiger partial charge in [-0.25, -0.2) is 0 Å². The molecule has 0 aliphatic carbocycles. The predicted molar refractivity (Wildman–Crippen MR) is 58.5 cm³/mol. The average Bonchev–Trinajstić information content (AvgIpc) is 2.20. The van der Waals surface area contributed by atoms with Crippen molar-refractivity contribution in [3.8, 4) is 0 Å². The molecule has 1 amide bonds. The molecule has 0 bridgehead atoms. The molecule has 3 nitrogen and oxygen atoms in total. The minimum absolute atomic E-state index is 0.0792. The Morgan fingerprint density at radius 3 is 2.59 bits per heavy atom. The zero-order chi connectivity index (χ0) is 13.1. The molecule has 1 aliphatic heterocycles. The van der Waals surface area contributed by atoms with Gasteiger partial charge >= 0.3 is 6.18 Å². The van der Waals surface area contributed by atoms with Gasteiger partial charge in [0.25, 0.3) is 0 Å². The highest BCUT2D eigenvalue weighted by Gasteiger charge is 2.31. The molecule has 0 aromatic rings. The Bertz CT molecular complexity index is 258. The van der Waals surface area contributed by atoms with Gasteiger partial charge in [-0.05, 0) is 25.8 Å². The van der Waals surface area contributed by atoms with Crippen LogP contribution in [0.5, 0.6) is 0 Å². The van der Waals surface area contributed by atoms with Crippen LogP contribution in [0.4, 0.5) is 13.2 Å². The van der Waals surface area contributed by atoms with Crippen LogP contribution in [0.15, 0.2) is 0 Å². The molecule has 3 atom stereocenters. The molecule has 17 heavy (non-hydrogen) atoms. The van der Waals surface area contributed by atoms with E-state index in [4.69, 9.17) is 0 Å². The molecule has 1 fully saturated rings. The summed E-state index contributed by atoms with van der Waals surface area (Å²) in [5.74, 6) is -0.226. The standard InChI is InChI=1S/C11H19F3N2O/c1-7-4-6-15-8(2)10(7)16-9(17)3-5-11(12,13)14/h7-8,10,15H,3-6H2,1-2H3,(H,16,17). The molecular formula is C11H19F3N2O. The number of carbonyl (C=O) groups is 1. The summed E-state index contributed by atoms with van der Waals surface area (Å²) >= 11 is 0. The molecule has 1 heterocycles. The van der Waals surface area contributed by atoms with Crippen molar-refractivity contribution in [2.45, 2.75) is 51.4 Å². The Kier molecular flexibility index (Phi) is 4.80. The maximum absolute atomic E-state index is 12.0. The molecule has 1 aliphatic rings. The highest BCUT2D eigenvalue weighted by molar-refractivity contribution is 5.76. The third-order valence-electron chi connectivity index (χ3n) is 3.18. The molecule has 0 saturated carbocycles. The van der Waals surface area contributed by atoms with E-state index in [1.807, 2.05) is 13.8 Å². The van der Waals surface area contributed by atoms with Crippen molar-refractivity contribution in [1.82, 2.24) is 10.6 Å². The van der Waals surface area contributed by atoms with E-state index in [1.165, 1.54) is 0 Å². The van der Waals surface area contributed by atoms with Gasteiger partial charge in [-0.3, -0.25) is 4.79 Å². The summed E-state index contributed by atoms with van der Waals surface area (Å²) in [6, 6.07) is 0.0260. The lowest BCUT2D eigenvalue weighted by Crippen LogP contribution is -2.55. The monoisotopic (exact) mass is 252 g/mol. The van der Waals surface area contributed by atoms with E-state index in [0.717, 1.165) is 13.0 Å². The van der Waals surface area contributed by atoms with Crippen LogP contribution in [0.2, 0.25) is 0 Å². The molecule has 0 aromatic heterocycles. The van der Waals surface area contributed by atoms with Gasteiger partial charge in [-0.1, -0.05) is 6.92 Å². The fourth-order valence-corrected chi connectivity index (χ4v) is 2.12. The highest BCUT2D eigenvalue weighted by Crippen LogP contribution is 2.22. The third-order valence-corrected chi connectivity index (χ3v) is 3.18. The second kappa shape index (κ2) is 5.71. The summed E-state index contributed by atoms with van der Waals surface area (Å²) in [5.41, 5.74) is 0. The Morgan fingerprint density at radius 1 is 1.41 bits per heavy atom. The van der Waals surface area contributed by atoms with Crippen LogP contribution in [0.1, 0.15) is 33.1 Å². The van der Waals surface area contributed by atoms with E-state index in [1.54, 1.807) is 0 Å². The molecule has 2 N–H and O–H groups in total. The molecular weight excluding hydrogens is 233 g/mol. The molecule has 0 aromatic carbocycles. The first-order chi connectivity index (χ1) is 7.79. The van der Waals surface area contributed by atoms with Crippen molar-refractivity contribution >= 4 is 5.91 Å². The van der Waals surface area contributed by atoms with Crippen LogP contribution in [0, 0.1) is 5.92 Å². The van der Waals surface area contributed by atoms with Crippen molar-refractivity contribution in [3.63, 3.8) is 0 Å². The van der Waals surface area contributed by atoms with Crippen molar-refractivity contribution in [2.75, 3.05) is 6.54 Å². The van der Waals surface area contributed by atoms with E-state index in [2.05, 4.69) is 10.6 Å². The number of hydrogen-bond donors (Lipinski definition) is 2. The number of halogens is 3. The van der Waals surface area contributed by atoms with E-state index < -0.39 is 24.9 Å². The van der Waals surface area contributed by atoms with Gasteiger partial charge < -0.3 is 10.6 Å². The number of rotatable bonds is 3. The first kappa shape index (κ1) is 14.3. The summed E-state index contributed by atoms with van der Waals surface area (Å²) in [6.07, 6.45) is -4.88. The predicted octanol–water partition coefficient (Wildman–Crippen LogP) is 1.83. The smallest absolute Gasteiger partial charge is 0.352 e. The van der Waals surface area contributed by atoms with Gasteiger partial charge in [0.05, 0.1) is 6.42 Å². The maximum atomic E-state index is 12.0. The second-order valence-electron chi connectivity index (χ2n) is 4.72. The summed E-state index contributed by atoms with van der Waals surface area (Å²) < 4.78 is 35.9. The largest absolute Gasteiger partial charge is 0.389 e. The molecule has 100 valence electrons. The second-order valence-corrected chi connectivity index (χ2v) is 4.72. The molecule has 0 radical (unpaired) electrons. The van der Waals surface area contributed by atoms with Crippen molar-refractivity contribution in [1.29, 1.82) is 0 Å². The van der Waals surface area contributed by atoms with Crippen molar-refractivity contribution in [2.24, 2.45) is 5.92 Å². The molecule has 3 unspecified atom stereocenters. The van der Waals surface area contributed by atoms with Crippen molar-refractivity contribution < 1.29 is 18.0 Å². The maximum Gasteiger partial charge on any atom is 0.389 e. The van der Waals surface area contributed by atoms with Crippen LogP contribution in [0.25, 0.3) is 0 Å². The zero-order valence-corrected chi connectivity index (χ0v) is 10.1. The number of piperidine rings is 1. The van der Waals surface area contributed by atoms with E-state index in [-0.39, 0.29) is 12.1 Å². The number of carbonyl (C=O) groups excluding carboxylic acids is 1. The molecule has 1 rings (SSSR count). The summed E-state index contributed by atoms with van der Waals surface area (Å²) in [6.45, 7) is 4.83. The lowest BCUT2D eigenvalue weighted by Gasteiger charge is -2.36. The number of hydrogen-bond acceptors (Lipinski definition) is 2. The van der Waals surface area contributed by atoms with E-state index >= 15 is 0 Å². The lowest BCUT2D eigenvalue weighted by molar-refractivity contribution is -0.144. The minimum atomic E-state index is -4.26. The van der Waals surface area contributed by atoms with Crippen LogP contribution in [0.3, 0.4) is 0 Å². The van der Waals surface area contributed by atoms with Gasteiger partial charge in [0, 0.05) is 18.5 Å². The number of alkyl halides is 3. The van der Waals surface area contributed by atoms with Gasteiger partial charge in [-0.2, -0.15) is 13.2 Å². The topological polar surface area (TPSA) is 41.1 Å². The van der Waals surface area contributed by atoms with Crippen LogP contribution in [-0.4, -0.2) is 30.7 Å². The van der Waals surface area contributed by atoms with Gasteiger partial charge in [0.2, 0.25) is 5.91 Å². The summed E-state index contributed by atoms with van der Waals surface area (Å²) in [7, 11) is 0. The van der Waals surface area contributed by atoms with Gasteiger partial charge in [0.15, 0.2) is 0 Å². The van der Waals surface area contributed by atoms with Crippen LogP contribution >= 0.6 is 0 Å². The zero-order valence-electron chi connectivity index (χ0n) is 10.1. The number of amides is 1. The van der Waals surface area contributed by atoms with E-state index in [9.17, 15) is 18.0 Å². The first-order valence-electron chi connectivity index (χ1n) is 5.89. The third kappa shape index (κ3) is 4.93. The SMILES string of the molecule is CC1CCNC(C)C1NC(=O)CCC(F)(F)F. The normalized spacial score (nSPS) is 30.1. The summed E-state index contributed by atoms with van der Waals surface area (Å²) in [5, 5.41) is 5.89. The fraction of sp³-hybridized carbons (Fsp3) is 0.909. The van der Waals surface area contributed by atoms with E-state index in [0.29, 0.717) is 5.92 Å². The minimum Gasteiger partial charge on any atom is -0.352 e. The first-order valence-corrected chi connectivity index (χ1v) is 5.89. The molecule has 1 saturated heterocycles. The fourth-order valence-electron chi connectivity index (χ4n) is 2.12. The average molecular weight is 252 g/mol. The Labute approximate surface area is 99.1 Å². The summed E-state index contributed by atoms with van der Waals surface area (Å²) in [4.78, 5) is 11.4. The van der Waals surface area contributed by atoms with Crippen molar-refractivity contribution in [3.05, 3.63) is 0 Å². The highest BCUT2D eigenvalue weighted by atomic mass is 19.4. The Balaban J connectivity index is 2.39. The molecule has 6 heteroatoms. The Hall–Kier alpha value is -0.780. The Morgan fingerprint density at radius 2 is 2.06 bits per heavy atom. The van der Waals surface area contributed by atoms with Gasteiger partial charge in [0.1, 0.15) is 0 Å². The van der Waals surface area contributed by atoms with Gasteiger partial charge in [-0.15, -0.1) is 0 Å². The molecule has 0 spiro atoms. The quantitative estimate of drug-likeness (QED) is 0.804. The number of nitrogens with one attached hydrogen (secondary N) is 2.